The maximum absolute atomic E-state index is 11.3. The van der Waals surface area contributed by atoms with E-state index in [2.05, 4.69) is 4.72 Å². The summed E-state index contributed by atoms with van der Waals surface area (Å²) < 4.78 is 24.9. The number of hydrogen-bond donors (Lipinski definition) is 3. The van der Waals surface area contributed by atoms with E-state index < -0.39 is 28.8 Å². The summed E-state index contributed by atoms with van der Waals surface area (Å²) in [5.41, 5.74) is -1.18. The Bertz CT molecular complexity index is 242. The largest absolute Gasteiger partial charge is 0.394 e. The van der Waals surface area contributed by atoms with Crippen LogP contribution in [0.15, 0.2) is 0 Å². The minimum atomic E-state index is -3.53. The molecule has 0 aliphatic heterocycles. The van der Waals surface area contributed by atoms with Crippen LogP contribution in [0.2, 0.25) is 0 Å². The second-order valence-corrected chi connectivity index (χ2v) is 5.28. The van der Waals surface area contributed by atoms with Crippen molar-refractivity contribution >= 4 is 21.6 Å². The van der Waals surface area contributed by atoms with Crippen LogP contribution in [-0.4, -0.2) is 49.0 Å². The molecule has 0 spiro atoms. The number of hydrogen-bond acceptors (Lipinski definition) is 4. The number of sulfonamides is 1. The molecule has 0 saturated carbocycles. The predicted molar refractivity (Wildman–Crippen MR) is 54.8 cm³/mol. The summed E-state index contributed by atoms with van der Waals surface area (Å²) in [4.78, 5) is 0. The van der Waals surface area contributed by atoms with Crippen LogP contribution in [-0.2, 0) is 10.0 Å². The Labute approximate surface area is 89.1 Å². The second-order valence-electron chi connectivity index (χ2n) is 3.06. The zero-order valence-corrected chi connectivity index (χ0v) is 9.61. The molecule has 86 valence electrons. The van der Waals surface area contributed by atoms with Crippen molar-refractivity contribution in [1.82, 2.24) is 4.72 Å². The van der Waals surface area contributed by atoms with Crippen molar-refractivity contribution < 1.29 is 18.6 Å². The SMILES string of the molecule is CCC(CO)(CO)NS(=O)(=O)CCCl. The first-order valence-corrected chi connectivity index (χ1v) is 6.43. The van der Waals surface area contributed by atoms with Crippen LogP contribution >= 0.6 is 11.6 Å². The third kappa shape index (κ3) is 4.10. The molecule has 14 heavy (non-hydrogen) atoms. The molecule has 0 aliphatic rings. The Balaban J connectivity index is 4.59. The highest BCUT2D eigenvalue weighted by atomic mass is 35.5. The van der Waals surface area contributed by atoms with Gasteiger partial charge in [0.25, 0.3) is 0 Å². The van der Waals surface area contributed by atoms with E-state index in [0.717, 1.165) is 0 Å². The molecule has 0 amide bonds. The first-order valence-electron chi connectivity index (χ1n) is 4.24. The number of halogens is 1. The lowest BCUT2D eigenvalue weighted by Gasteiger charge is -2.29. The highest BCUT2D eigenvalue weighted by molar-refractivity contribution is 7.89. The van der Waals surface area contributed by atoms with Crippen molar-refractivity contribution in [3.63, 3.8) is 0 Å². The topological polar surface area (TPSA) is 86.6 Å². The fraction of sp³-hybridized carbons (Fsp3) is 1.00. The molecule has 0 saturated heterocycles. The molecule has 5 nitrogen and oxygen atoms in total. The zero-order valence-electron chi connectivity index (χ0n) is 8.03. The number of alkyl halides is 1. The highest BCUT2D eigenvalue weighted by Gasteiger charge is 2.31. The molecule has 3 N–H and O–H groups in total. The molecule has 0 aliphatic carbocycles. The Morgan fingerprint density at radius 1 is 1.36 bits per heavy atom. The zero-order chi connectivity index (χ0) is 11.2. The fourth-order valence-electron chi connectivity index (χ4n) is 0.893. The lowest BCUT2D eigenvalue weighted by atomic mass is 10.0. The average Bonchev–Trinajstić information content (AvgIpc) is 2.14. The van der Waals surface area contributed by atoms with Gasteiger partial charge in [0, 0.05) is 5.88 Å². The first kappa shape index (κ1) is 14.1. The van der Waals surface area contributed by atoms with Crippen LogP contribution in [0.3, 0.4) is 0 Å². The molecule has 0 aromatic carbocycles. The van der Waals surface area contributed by atoms with E-state index in [1.165, 1.54) is 0 Å². The standard InChI is InChI=1S/C7H16ClNO4S/c1-2-7(5-10,6-11)9-14(12,13)4-3-8/h9-11H,2-6H2,1H3. The van der Waals surface area contributed by atoms with Crippen LogP contribution < -0.4 is 4.72 Å². The van der Waals surface area contributed by atoms with Crippen LogP contribution in [0.4, 0.5) is 0 Å². The molecule has 0 bridgehead atoms. The Kier molecular flexibility index (Phi) is 5.92. The minimum absolute atomic E-state index is 0.0218. The minimum Gasteiger partial charge on any atom is -0.394 e. The van der Waals surface area contributed by atoms with Crippen LogP contribution in [0.25, 0.3) is 0 Å². The van der Waals surface area contributed by atoms with Gasteiger partial charge in [-0.15, -0.1) is 11.6 Å². The third-order valence-electron chi connectivity index (χ3n) is 2.00. The third-order valence-corrected chi connectivity index (χ3v) is 3.90. The van der Waals surface area contributed by atoms with Gasteiger partial charge >= 0.3 is 0 Å². The van der Waals surface area contributed by atoms with Gasteiger partial charge in [-0.1, -0.05) is 6.92 Å². The van der Waals surface area contributed by atoms with Crippen molar-refractivity contribution in [2.45, 2.75) is 18.9 Å². The summed E-state index contributed by atoms with van der Waals surface area (Å²) in [6, 6.07) is 0. The number of aliphatic hydroxyl groups is 2. The molecule has 0 aromatic rings. The molecule has 0 rings (SSSR count). The predicted octanol–water partition coefficient (Wildman–Crippen LogP) is -0.722. The van der Waals surface area contributed by atoms with Crippen LogP contribution in [0.1, 0.15) is 13.3 Å². The van der Waals surface area contributed by atoms with E-state index in [-0.39, 0.29) is 11.6 Å². The van der Waals surface area contributed by atoms with Gasteiger partial charge < -0.3 is 10.2 Å². The summed E-state index contributed by atoms with van der Waals surface area (Å²) in [6.07, 6.45) is 0.307. The number of aliphatic hydroxyl groups excluding tert-OH is 2. The van der Waals surface area contributed by atoms with Crippen LogP contribution in [0.5, 0.6) is 0 Å². The van der Waals surface area contributed by atoms with E-state index in [1.54, 1.807) is 6.92 Å². The summed E-state index contributed by atoms with van der Waals surface area (Å²) in [6.45, 7) is 0.790. The van der Waals surface area contributed by atoms with Crippen molar-refractivity contribution in [3.05, 3.63) is 0 Å². The molecule has 0 atom stereocenters. The Morgan fingerprint density at radius 2 is 1.86 bits per heavy atom. The van der Waals surface area contributed by atoms with E-state index in [4.69, 9.17) is 21.8 Å². The first-order chi connectivity index (χ1) is 6.45. The van der Waals surface area contributed by atoms with Gasteiger partial charge in [-0.25, -0.2) is 13.1 Å². The second kappa shape index (κ2) is 5.87. The molecule has 0 heterocycles. The molecule has 7 heteroatoms. The Hall–Kier alpha value is 0.120. The highest BCUT2D eigenvalue weighted by Crippen LogP contribution is 2.10. The van der Waals surface area contributed by atoms with Gasteiger partial charge in [0.15, 0.2) is 0 Å². The smallest absolute Gasteiger partial charge is 0.213 e. The Morgan fingerprint density at radius 3 is 2.14 bits per heavy atom. The van der Waals surface area contributed by atoms with Gasteiger partial charge in [-0.3, -0.25) is 0 Å². The molecular weight excluding hydrogens is 230 g/mol. The molecule has 0 aromatic heterocycles. The lowest BCUT2D eigenvalue weighted by molar-refractivity contribution is 0.105. The van der Waals surface area contributed by atoms with E-state index >= 15 is 0 Å². The van der Waals surface area contributed by atoms with Gasteiger partial charge in [0.2, 0.25) is 10.0 Å². The lowest BCUT2D eigenvalue weighted by Crippen LogP contribution is -2.54. The summed E-state index contributed by atoms with van der Waals surface area (Å²) >= 11 is 5.30. The maximum Gasteiger partial charge on any atom is 0.213 e. The summed E-state index contributed by atoms with van der Waals surface area (Å²) in [5, 5.41) is 18.0. The van der Waals surface area contributed by atoms with E-state index in [0.29, 0.717) is 6.42 Å². The monoisotopic (exact) mass is 245 g/mol. The van der Waals surface area contributed by atoms with Crippen molar-refractivity contribution in [2.75, 3.05) is 24.8 Å². The van der Waals surface area contributed by atoms with Gasteiger partial charge in [-0.2, -0.15) is 0 Å². The molecular formula is C7H16ClNO4S. The number of rotatable bonds is 7. The van der Waals surface area contributed by atoms with Gasteiger partial charge in [0.05, 0.1) is 24.5 Å². The van der Waals surface area contributed by atoms with Gasteiger partial charge in [-0.05, 0) is 6.42 Å². The number of nitrogens with one attached hydrogen (secondary N) is 1. The quantitative estimate of drug-likeness (QED) is 0.517. The van der Waals surface area contributed by atoms with Crippen molar-refractivity contribution in [2.24, 2.45) is 0 Å². The van der Waals surface area contributed by atoms with Crippen LogP contribution in [0, 0.1) is 0 Å². The van der Waals surface area contributed by atoms with E-state index in [1.807, 2.05) is 0 Å². The molecule has 0 fully saturated rings. The van der Waals surface area contributed by atoms with E-state index in [9.17, 15) is 8.42 Å². The average molecular weight is 246 g/mol. The van der Waals surface area contributed by atoms with Crippen molar-refractivity contribution in [3.8, 4) is 0 Å². The maximum atomic E-state index is 11.3. The van der Waals surface area contributed by atoms with Crippen molar-refractivity contribution in [1.29, 1.82) is 0 Å². The fourth-order valence-corrected chi connectivity index (χ4v) is 2.74. The molecule has 0 unspecified atom stereocenters. The normalized spacial score (nSPS) is 13.1. The summed E-state index contributed by atoms with van der Waals surface area (Å²) in [7, 11) is -3.53. The molecule has 0 radical (unpaired) electrons. The summed E-state index contributed by atoms with van der Waals surface area (Å²) in [5.74, 6) is -0.248. The van der Waals surface area contributed by atoms with Gasteiger partial charge in [0.1, 0.15) is 0 Å².